The Morgan fingerprint density at radius 2 is 1.71 bits per heavy atom. The Hall–Kier alpha value is -0.0900. The highest BCUT2D eigenvalue weighted by Gasteiger charge is 2.39. The van der Waals surface area contributed by atoms with Crippen molar-refractivity contribution in [2.24, 2.45) is 0 Å². The molecule has 2 unspecified atom stereocenters. The highest BCUT2D eigenvalue weighted by atomic mass is 32.2. The third kappa shape index (κ3) is 3.02. The van der Waals surface area contributed by atoms with Crippen molar-refractivity contribution < 1.29 is 8.42 Å². The first-order valence-corrected chi connectivity index (χ1v) is 8.71. The second-order valence-electron chi connectivity index (χ2n) is 5.54. The van der Waals surface area contributed by atoms with Gasteiger partial charge in [0.25, 0.3) is 0 Å². The fourth-order valence-corrected chi connectivity index (χ4v) is 5.88. The van der Waals surface area contributed by atoms with Gasteiger partial charge in [0.1, 0.15) is 0 Å². The lowest BCUT2D eigenvalue weighted by Crippen LogP contribution is -2.34. The van der Waals surface area contributed by atoms with Gasteiger partial charge in [-0.15, -0.1) is 0 Å². The molecule has 1 N–H and O–H groups in total. The van der Waals surface area contributed by atoms with Crippen molar-refractivity contribution in [3.63, 3.8) is 0 Å². The van der Waals surface area contributed by atoms with E-state index < -0.39 is 9.84 Å². The molecule has 0 aromatic heterocycles. The van der Waals surface area contributed by atoms with E-state index in [2.05, 4.69) is 12.2 Å². The van der Waals surface area contributed by atoms with Crippen LogP contribution in [0.1, 0.15) is 58.3 Å². The van der Waals surface area contributed by atoms with E-state index in [1.807, 2.05) is 0 Å². The number of sulfone groups is 1. The molecule has 17 heavy (non-hydrogen) atoms. The van der Waals surface area contributed by atoms with Crippen LogP contribution in [-0.4, -0.2) is 31.5 Å². The number of nitrogens with one attached hydrogen (secondary N) is 1. The van der Waals surface area contributed by atoms with E-state index in [4.69, 9.17) is 0 Å². The minimum Gasteiger partial charge on any atom is -0.314 e. The molecule has 3 nitrogen and oxygen atoms in total. The van der Waals surface area contributed by atoms with Crippen LogP contribution in [0.15, 0.2) is 0 Å². The Bertz CT molecular complexity index is 333. The monoisotopic (exact) mass is 259 g/mol. The van der Waals surface area contributed by atoms with Crippen LogP contribution in [0.3, 0.4) is 0 Å². The maximum atomic E-state index is 12.5. The molecule has 2 fully saturated rings. The van der Waals surface area contributed by atoms with Crippen molar-refractivity contribution in [1.82, 2.24) is 5.32 Å². The van der Waals surface area contributed by atoms with Gasteiger partial charge in [0, 0.05) is 6.04 Å². The summed E-state index contributed by atoms with van der Waals surface area (Å²) < 4.78 is 25.0. The first-order chi connectivity index (χ1) is 8.14. The summed E-state index contributed by atoms with van der Waals surface area (Å²) >= 11 is 0. The van der Waals surface area contributed by atoms with E-state index in [0.717, 1.165) is 51.5 Å². The molecular formula is C13H25NO2S. The van der Waals surface area contributed by atoms with Crippen LogP contribution in [0, 0.1) is 0 Å². The fourth-order valence-electron chi connectivity index (χ4n) is 3.38. The number of rotatable bonds is 4. The summed E-state index contributed by atoms with van der Waals surface area (Å²) in [4.78, 5) is 0. The van der Waals surface area contributed by atoms with Gasteiger partial charge >= 0.3 is 0 Å². The van der Waals surface area contributed by atoms with Gasteiger partial charge in [-0.2, -0.15) is 0 Å². The highest BCUT2D eigenvalue weighted by molar-refractivity contribution is 7.92. The zero-order valence-corrected chi connectivity index (χ0v) is 11.6. The van der Waals surface area contributed by atoms with Gasteiger partial charge in [-0.1, -0.05) is 26.2 Å². The Morgan fingerprint density at radius 1 is 1.00 bits per heavy atom. The molecule has 2 atom stereocenters. The number of hydrogen-bond donors (Lipinski definition) is 1. The molecule has 0 bridgehead atoms. The normalized spacial score (nSPS) is 31.8. The van der Waals surface area contributed by atoms with Gasteiger partial charge in [0.05, 0.1) is 10.5 Å². The van der Waals surface area contributed by atoms with Crippen molar-refractivity contribution >= 4 is 9.84 Å². The third-order valence-corrected chi connectivity index (χ3v) is 7.12. The minimum absolute atomic E-state index is 0.0263. The minimum atomic E-state index is -2.85. The quantitative estimate of drug-likeness (QED) is 0.842. The molecule has 2 aliphatic rings. The van der Waals surface area contributed by atoms with Gasteiger partial charge in [0.2, 0.25) is 0 Å². The Balaban J connectivity index is 1.96. The molecule has 0 amide bonds. The summed E-state index contributed by atoms with van der Waals surface area (Å²) in [5.74, 6) is 0. The molecule has 0 aromatic rings. The molecule has 2 aliphatic carbocycles. The first-order valence-electron chi connectivity index (χ1n) is 7.10. The van der Waals surface area contributed by atoms with E-state index in [1.54, 1.807) is 0 Å². The van der Waals surface area contributed by atoms with Crippen LogP contribution in [0.2, 0.25) is 0 Å². The van der Waals surface area contributed by atoms with Gasteiger partial charge in [-0.05, 0) is 38.6 Å². The lowest BCUT2D eigenvalue weighted by Gasteiger charge is -2.25. The summed E-state index contributed by atoms with van der Waals surface area (Å²) in [5.41, 5.74) is 0. The molecule has 100 valence electrons. The van der Waals surface area contributed by atoms with Crippen LogP contribution >= 0.6 is 0 Å². The van der Waals surface area contributed by atoms with Crippen LogP contribution in [0.5, 0.6) is 0 Å². The second-order valence-corrected chi connectivity index (χ2v) is 8.05. The van der Waals surface area contributed by atoms with E-state index >= 15 is 0 Å². The standard InChI is InChI=1S/C13H25NO2S/c1-2-14-11-8-9-13(10-11)17(15,16)12-6-4-3-5-7-12/h11-14H,2-10H2,1H3. The van der Waals surface area contributed by atoms with Gasteiger partial charge < -0.3 is 5.32 Å². The Labute approximate surface area is 105 Å². The van der Waals surface area contributed by atoms with Crippen molar-refractivity contribution in [2.45, 2.75) is 74.8 Å². The van der Waals surface area contributed by atoms with Crippen LogP contribution < -0.4 is 5.32 Å². The summed E-state index contributed by atoms with van der Waals surface area (Å²) in [6, 6.07) is 0.434. The molecule has 2 saturated carbocycles. The van der Waals surface area contributed by atoms with E-state index in [0.29, 0.717) is 6.04 Å². The van der Waals surface area contributed by atoms with Crippen molar-refractivity contribution in [3.05, 3.63) is 0 Å². The SMILES string of the molecule is CCNC1CCC(S(=O)(=O)C2CCCCC2)C1. The van der Waals surface area contributed by atoms with E-state index in [9.17, 15) is 8.42 Å². The van der Waals surface area contributed by atoms with E-state index in [1.165, 1.54) is 6.42 Å². The fraction of sp³-hybridized carbons (Fsp3) is 1.00. The van der Waals surface area contributed by atoms with Crippen LogP contribution in [0.25, 0.3) is 0 Å². The summed E-state index contributed by atoms with van der Waals surface area (Å²) in [7, 11) is -2.85. The molecular weight excluding hydrogens is 234 g/mol. The molecule has 0 saturated heterocycles. The lowest BCUT2D eigenvalue weighted by molar-refractivity contribution is 0.475. The molecule has 0 spiro atoms. The molecule has 2 rings (SSSR count). The average molecular weight is 259 g/mol. The van der Waals surface area contributed by atoms with Crippen molar-refractivity contribution in [1.29, 1.82) is 0 Å². The largest absolute Gasteiger partial charge is 0.314 e. The zero-order chi connectivity index (χ0) is 12.3. The third-order valence-electron chi connectivity index (χ3n) is 4.36. The predicted octanol–water partition coefficient (Wildman–Crippen LogP) is 2.26. The lowest BCUT2D eigenvalue weighted by atomic mass is 10.0. The van der Waals surface area contributed by atoms with Crippen LogP contribution in [-0.2, 0) is 9.84 Å². The average Bonchev–Trinajstić information content (AvgIpc) is 2.80. The molecule has 0 heterocycles. The molecule has 0 radical (unpaired) electrons. The topological polar surface area (TPSA) is 46.2 Å². The predicted molar refractivity (Wildman–Crippen MR) is 70.9 cm³/mol. The maximum absolute atomic E-state index is 12.5. The molecule has 0 aromatic carbocycles. The second kappa shape index (κ2) is 5.70. The van der Waals surface area contributed by atoms with Crippen LogP contribution in [0.4, 0.5) is 0 Å². The first kappa shape index (κ1) is 13.3. The highest BCUT2D eigenvalue weighted by Crippen LogP contribution is 2.33. The van der Waals surface area contributed by atoms with Gasteiger partial charge in [0.15, 0.2) is 9.84 Å². The Morgan fingerprint density at radius 3 is 2.35 bits per heavy atom. The van der Waals surface area contributed by atoms with Gasteiger partial charge in [-0.25, -0.2) is 8.42 Å². The van der Waals surface area contributed by atoms with Gasteiger partial charge in [-0.3, -0.25) is 0 Å². The summed E-state index contributed by atoms with van der Waals surface area (Å²) in [5, 5.41) is 3.30. The number of hydrogen-bond acceptors (Lipinski definition) is 3. The van der Waals surface area contributed by atoms with Crippen molar-refractivity contribution in [2.75, 3.05) is 6.54 Å². The smallest absolute Gasteiger partial charge is 0.156 e. The molecule has 0 aliphatic heterocycles. The Kier molecular flexibility index (Phi) is 4.47. The summed E-state index contributed by atoms with van der Waals surface area (Å²) in [6.07, 6.45) is 7.99. The maximum Gasteiger partial charge on any atom is 0.156 e. The summed E-state index contributed by atoms with van der Waals surface area (Å²) in [6.45, 7) is 3.03. The zero-order valence-electron chi connectivity index (χ0n) is 10.8. The van der Waals surface area contributed by atoms with E-state index in [-0.39, 0.29) is 10.5 Å². The van der Waals surface area contributed by atoms with Crippen molar-refractivity contribution in [3.8, 4) is 0 Å². The molecule has 4 heteroatoms.